The van der Waals surface area contributed by atoms with Gasteiger partial charge in [-0.15, -0.1) is 0 Å². The average Bonchev–Trinajstić information content (AvgIpc) is 2.35. The van der Waals surface area contributed by atoms with E-state index in [-0.39, 0.29) is 11.9 Å². The molecule has 18 heavy (non-hydrogen) atoms. The number of amides is 1. The summed E-state index contributed by atoms with van der Waals surface area (Å²) in [4.78, 5) is 14.5. The van der Waals surface area contributed by atoms with Crippen molar-refractivity contribution in [2.45, 2.75) is 32.9 Å². The highest BCUT2D eigenvalue weighted by Crippen LogP contribution is 2.18. The fraction of sp³-hybridized carbons (Fsp3) is 0.500. The van der Waals surface area contributed by atoms with Gasteiger partial charge in [0, 0.05) is 34.3 Å². The molecular formula is C14H19IN2O. The predicted molar refractivity (Wildman–Crippen MR) is 81.9 cm³/mol. The van der Waals surface area contributed by atoms with Crippen LogP contribution in [0.25, 0.3) is 0 Å². The first-order chi connectivity index (χ1) is 8.50. The Hall–Kier alpha value is -0.620. The molecule has 1 amide bonds. The molecule has 1 saturated heterocycles. The number of piperazine rings is 1. The monoisotopic (exact) mass is 358 g/mol. The molecule has 4 heteroatoms. The van der Waals surface area contributed by atoms with E-state index in [9.17, 15) is 4.79 Å². The van der Waals surface area contributed by atoms with Crippen molar-refractivity contribution in [3.05, 3.63) is 32.9 Å². The van der Waals surface area contributed by atoms with Gasteiger partial charge in [0.05, 0.1) is 0 Å². The van der Waals surface area contributed by atoms with Gasteiger partial charge >= 0.3 is 0 Å². The number of rotatable bonds is 1. The Morgan fingerprint density at radius 3 is 2.83 bits per heavy atom. The molecule has 0 aliphatic carbocycles. The summed E-state index contributed by atoms with van der Waals surface area (Å²) in [6.07, 6.45) is 0. The van der Waals surface area contributed by atoms with E-state index in [2.05, 4.69) is 48.7 Å². The molecule has 0 saturated carbocycles. The number of nitrogens with one attached hydrogen (secondary N) is 1. The summed E-state index contributed by atoms with van der Waals surface area (Å²) in [5, 5.41) is 3.39. The Morgan fingerprint density at radius 2 is 2.17 bits per heavy atom. The van der Waals surface area contributed by atoms with Crippen molar-refractivity contribution in [2.24, 2.45) is 0 Å². The maximum Gasteiger partial charge on any atom is 0.254 e. The molecule has 2 unspecified atom stereocenters. The number of halogens is 1. The molecular weight excluding hydrogens is 339 g/mol. The number of carbonyl (C=O) groups excluding carboxylic acids is 1. The Labute approximate surface area is 122 Å². The van der Waals surface area contributed by atoms with Crippen LogP contribution in [0.1, 0.15) is 29.8 Å². The van der Waals surface area contributed by atoms with Crippen LogP contribution in [-0.2, 0) is 0 Å². The summed E-state index contributed by atoms with van der Waals surface area (Å²) in [7, 11) is 0. The maximum absolute atomic E-state index is 12.5. The van der Waals surface area contributed by atoms with Crippen LogP contribution in [0.3, 0.4) is 0 Å². The minimum Gasteiger partial charge on any atom is -0.333 e. The standard InChI is InChI=1S/C14H19IN2O/c1-9-4-5-12(8-13(9)15)14(18)17-7-6-16-10(2)11(17)3/h4-5,8,10-11,16H,6-7H2,1-3H3. The summed E-state index contributed by atoms with van der Waals surface area (Å²) in [6, 6.07) is 6.53. The zero-order chi connectivity index (χ0) is 13.3. The summed E-state index contributed by atoms with van der Waals surface area (Å²) < 4.78 is 1.15. The third-order valence-corrected chi connectivity index (χ3v) is 4.88. The lowest BCUT2D eigenvalue weighted by atomic mass is 10.0. The van der Waals surface area contributed by atoms with Gasteiger partial charge in [0.2, 0.25) is 0 Å². The second kappa shape index (κ2) is 5.57. The Morgan fingerprint density at radius 1 is 1.44 bits per heavy atom. The van der Waals surface area contributed by atoms with Gasteiger partial charge in [0.15, 0.2) is 0 Å². The molecule has 0 radical (unpaired) electrons. The molecule has 0 aromatic heterocycles. The maximum atomic E-state index is 12.5. The lowest BCUT2D eigenvalue weighted by Gasteiger charge is -2.38. The normalized spacial score (nSPS) is 24.1. The highest BCUT2D eigenvalue weighted by molar-refractivity contribution is 14.1. The number of aryl methyl sites for hydroxylation is 1. The van der Waals surface area contributed by atoms with Crippen molar-refractivity contribution in [1.82, 2.24) is 10.2 Å². The molecule has 1 aromatic carbocycles. The fourth-order valence-electron chi connectivity index (χ4n) is 2.23. The van der Waals surface area contributed by atoms with E-state index in [0.717, 1.165) is 22.2 Å². The van der Waals surface area contributed by atoms with Crippen LogP contribution in [0.4, 0.5) is 0 Å². The van der Waals surface area contributed by atoms with Gasteiger partial charge in [0.1, 0.15) is 0 Å². The van der Waals surface area contributed by atoms with E-state index in [1.807, 2.05) is 23.1 Å². The Balaban J connectivity index is 2.22. The number of hydrogen-bond acceptors (Lipinski definition) is 2. The topological polar surface area (TPSA) is 32.3 Å². The second-order valence-electron chi connectivity index (χ2n) is 4.95. The quantitative estimate of drug-likeness (QED) is 0.783. The van der Waals surface area contributed by atoms with Gasteiger partial charge in [-0.25, -0.2) is 0 Å². The van der Waals surface area contributed by atoms with E-state index >= 15 is 0 Å². The molecule has 2 rings (SSSR count). The van der Waals surface area contributed by atoms with Crippen LogP contribution in [0, 0.1) is 10.5 Å². The highest BCUT2D eigenvalue weighted by atomic mass is 127. The van der Waals surface area contributed by atoms with Crippen LogP contribution >= 0.6 is 22.6 Å². The van der Waals surface area contributed by atoms with Gasteiger partial charge < -0.3 is 10.2 Å². The molecule has 1 heterocycles. The molecule has 3 nitrogen and oxygen atoms in total. The van der Waals surface area contributed by atoms with Crippen molar-refractivity contribution in [2.75, 3.05) is 13.1 Å². The van der Waals surface area contributed by atoms with E-state index in [1.54, 1.807) is 0 Å². The van der Waals surface area contributed by atoms with Crippen molar-refractivity contribution in [3.63, 3.8) is 0 Å². The second-order valence-corrected chi connectivity index (χ2v) is 6.11. The number of benzene rings is 1. The average molecular weight is 358 g/mol. The molecule has 0 bridgehead atoms. The fourth-order valence-corrected chi connectivity index (χ4v) is 2.75. The van der Waals surface area contributed by atoms with E-state index in [0.29, 0.717) is 6.04 Å². The molecule has 1 fully saturated rings. The SMILES string of the molecule is Cc1ccc(C(=O)N2CCNC(C)C2C)cc1I. The van der Waals surface area contributed by atoms with Crippen molar-refractivity contribution in [1.29, 1.82) is 0 Å². The summed E-state index contributed by atoms with van der Waals surface area (Å²) in [5.74, 6) is 0.147. The van der Waals surface area contributed by atoms with Crippen molar-refractivity contribution >= 4 is 28.5 Å². The molecule has 1 N–H and O–H groups in total. The zero-order valence-electron chi connectivity index (χ0n) is 11.0. The lowest BCUT2D eigenvalue weighted by Crippen LogP contribution is -2.57. The lowest BCUT2D eigenvalue weighted by molar-refractivity contribution is 0.0603. The van der Waals surface area contributed by atoms with Crippen molar-refractivity contribution in [3.8, 4) is 0 Å². The minimum absolute atomic E-state index is 0.147. The van der Waals surface area contributed by atoms with Crippen LogP contribution in [0.15, 0.2) is 18.2 Å². The van der Waals surface area contributed by atoms with Crippen LogP contribution < -0.4 is 5.32 Å². The van der Waals surface area contributed by atoms with Crippen LogP contribution in [0.2, 0.25) is 0 Å². The Kier molecular flexibility index (Phi) is 4.27. The van der Waals surface area contributed by atoms with Crippen LogP contribution in [-0.4, -0.2) is 36.0 Å². The Bertz CT molecular complexity index is 461. The van der Waals surface area contributed by atoms with Gasteiger partial charge in [-0.05, 0) is 61.1 Å². The first-order valence-corrected chi connectivity index (χ1v) is 7.39. The molecule has 1 aliphatic heterocycles. The number of hydrogen-bond donors (Lipinski definition) is 1. The van der Waals surface area contributed by atoms with Crippen LogP contribution in [0.5, 0.6) is 0 Å². The molecule has 1 aliphatic rings. The molecule has 1 aromatic rings. The van der Waals surface area contributed by atoms with E-state index in [4.69, 9.17) is 0 Å². The largest absolute Gasteiger partial charge is 0.333 e. The summed E-state index contributed by atoms with van der Waals surface area (Å²) in [5.41, 5.74) is 2.01. The third kappa shape index (κ3) is 2.69. The number of carbonyl (C=O) groups is 1. The minimum atomic E-state index is 0.147. The number of nitrogens with zero attached hydrogens (tertiary/aromatic N) is 1. The smallest absolute Gasteiger partial charge is 0.254 e. The first-order valence-electron chi connectivity index (χ1n) is 6.31. The van der Waals surface area contributed by atoms with Gasteiger partial charge in [-0.3, -0.25) is 4.79 Å². The van der Waals surface area contributed by atoms with Crippen molar-refractivity contribution < 1.29 is 4.79 Å². The molecule has 98 valence electrons. The van der Waals surface area contributed by atoms with E-state index < -0.39 is 0 Å². The van der Waals surface area contributed by atoms with Gasteiger partial charge in [0.25, 0.3) is 5.91 Å². The van der Waals surface area contributed by atoms with Gasteiger partial charge in [-0.2, -0.15) is 0 Å². The van der Waals surface area contributed by atoms with Gasteiger partial charge in [-0.1, -0.05) is 6.07 Å². The summed E-state index contributed by atoms with van der Waals surface area (Å²) in [6.45, 7) is 7.96. The molecule has 2 atom stereocenters. The first kappa shape index (κ1) is 13.8. The summed E-state index contributed by atoms with van der Waals surface area (Å²) >= 11 is 2.28. The third-order valence-electron chi connectivity index (χ3n) is 3.71. The molecule has 0 spiro atoms. The predicted octanol–water partition coefficient (Wildman–Crippen LogP) is 2.42. The van der Waals surface area contributed by atoms with E-state index in [1.165, 1.54) is 5.56 Å². The zero-order valence-corrected chi connectivity index (χ0v) is 13.2. The highest BCUT2D eigenvalue weighted by Gasteiger charge is 2.28.